The summed E-state index contributed by atoms with van der Waals surface area (Å²) in [5.74, 6) is -0.773. The van der Waals surface area contributed by atoms with Crippen LogP contribution in [-0.4, -0.2) is 16.5 Å². The Bertz CT molecular complexity index is 692. The molecule has 1 fully saturated rings. The van der Waals surface area contributed by atoms with Gasteiger partial charge < -0.3 is 10.5 Å². The van der Waals surface area contributed by atoms with Gasteiger partial charge in [-0.2, -0.15) is 5.26 Å². The highest BCUT2D eigenvalue weighted by Gasteiger charge is 2.64. The van der Waals surface area contributed by atoms with Gasteiger partial charge in [0.2, 0.25) is 0 Å². The van der Waals surface area contributed by atoms with Gasteiger partial charge >= 0.3 is 0 Å². The van der Waals surface area contributed by atoms with Gasteiger partial charge in [-0.05, 0) is 12.1 Å². The number of ether oxygens (including phenoxy) is 1. The van der Waals surface area contributed by atoms with Crippen LogP contribution in [0.15, 0.2) is 36.4 Å². The molecule has 0 aliphatic carbocycles. The summed E-state index contributed by atoms with van der Waals surface area (Å²) < 4.78 is 5.15. The topological polar surface area (TPSA) is 92.3 Å². The summed E-state index contributed by atoms with van der Waals surface area (Å²) in [7, 11) is 0. The zero-order valence-electron chi connectivity index (χ0n) is 9.33. The van der Waals surface area contributed by atoms with Crippen LogP contribution in [0.3, 0.4) is 0 Å². The van der Waals surface area contributed by atoms with E-state index in [2.05, 4.69) is 4.98 Å². The molecule has 0 saturated carbocycles. The SMILES string of the molecule is N#CC1(C(N)=O)OC1c1ccc2ccccc2n1. The van der Waals surface area contributed by atoms with Gasteiger partial charge in [0.05, 0.1) is 11.2 Å². The Morgan fingerprint density at radius 1 is 1.39 bits per heavy atom. The van der Waals surface area contributed by atoms with E-state index in [0.29, 0.717) is 5.69 Å². The highest BCUT2D eigenvalue weighted by Crippen LogP contribution is 2.48. The zero-order valence-corrected chi connectivity index (χ0v) is 9.33. The number of hydrogen-bond donors (Lipinski definition) is 1. The molecule has 1 saturated heterocycles. The third-order valence-corrected chi connectivity index (χ3v) is 3.04. The van der Waals surface area contributed by atoms with E-state index in [1.165, 1.54) is 0 Å². The van der Waals surface area contributed by atoms with Crippen LogP contribution in [0, 0.1) is 11.3 Å². The van der Waals surface area contributed by atoms with Crippen LogP contribution in [0.5, 0.6) is 0 Å². The first-order chi connectivity index (χ1) is 8.67. The molecule has 2 aromatic rings. The van der Waals surface area contributed by atoms with Gasteiger partial charge in [-0.25, -0.2) is 4.98 Å². The van der Waals surface area contributed by atoms with E-state index in [1.54, 1.807) is 6.07 Å². The number of nitriles is 1. The molecule has 5 nitrogen and oxygen atoms in total. The van der Waals surface area contributed by atoms with Crippen molar-refractivity contribution in [1.29, 1.82) is 5.26 Å². The molecule has 1 aromatic heterocycles. The minimum Gasteiger partial charge on any atom is -0.366 e. The number of hydrogen-bond acceptors (Lipinski definition) is 4. The summed E-state index contributed by atoms with van der Waals surface area (Å²) in [5.41, 5.74) is 4.97. The smallest absolute Gasteiger partial charge is 0.267 e. The number of aromatic nitrogens is 1. The van der Waals surface area contributed by atoms with Crippen LogP contribution in [0.4, 0.5) is 0 Å². The van der Waals surface area contributed by atoms with Gasteiger partial charge in [-0.3, -0.25) is 4.79 Å². The number of primary amides is 1. The minimum atomic E-state index is -1.55. The Hall–Kier alpha value is -2.45. The number of epoxide rings is 1. The maximum Gasteiger partial charge on any atom is 0.267 e. The second-order valence-electron chi connectivity index (χ2n) is 4.14. The lowest BCUT2D eigenvalue weighted by Crippen LogP contribution is -2.31. The van der Waals surface area contributed by atoms with Gasteiger partial charge in [0, 0.05) is 5.39 Å². The second-order valence-corrected chi connectivity index (χ2v) is 4.14. The average Bonchev–Trinajstić information content (AvgIpc) is 3.14. The van der Waals surface area contributed by atoms with Crippen LogP contribution < -0.4 is 5.73 Å². The highest BCUT2D eigenvalue weighted by molar-refractivity contribution is 5.91. The number of rotatable bonds is 2. The molecule has 18 heavy (non-hydrogen) atoms. The summed E-state index contributed by atoms with van der Waals surface area (Å²) in [5, 5.41) is 9.96. The molecule has 0 spiro atoms. The van der Waals surface area contributed by atoms with Crippen molar-refractivity contribution in [1.82, 2.24) is 4.98 Å². The summed E-state index contributed by atoms with van der Waals surface area (Å²) in [4.78, 5) is 15.6. The predicted octanol–water partition coefficient (Wildman–Crippen LogP) is 1.05. The molecule has 2 N–H and O–H groups in total. The monoisotopic (exact) mass is 239 g/mol. The molecule has 1 amide bonds. The molecular formula is C13H9N3O2. The molecule has 2 heterocycles. The number of nitrogens with zero attached hydrogens (tertiary/aromatic N) is 2. The number of pyridine rings is 1. The van der Waals surface area contributed by atoms with Crippen molar-refractivity contribution in [3.8, 4) is 6.07 Å². The summed E-state index contributed by atoms with van der Waals surface area (Å²) in [6.07, 6.45) is -0.662. The molecule has 3 rings (SSSR count). The lowest BCUT2D eigenvalue weighted by Gasteiger charge is -2.00. The molecule has 1 aliphatic rings. The van der Waals surface area contributed by atoms with Crippen molar-refractivity contribution < 1.29 is 9.53 Å². The van der Waals surface area contributed by atoms with E-state index in [-0.39, 0.29) is 0 Å². The number of carbonyl (C=O) groups is 1. The fraction of sp³-hybridized carbons (Fsp3) is 0.154. The van der Waals surface area contributed by atoms with Gasteiger partial charge in [-0.1, -0.05) is 24.3 Å². The first kappa shape index (κ1) is 10.7. The van der Waals surface area contributed by atoms with E-state index < -0.39 is 17.6 Å². The van der Waals surface area contributed by atoms with Crippen molar-refractivity contribution >= 4 is 16.8 Å². The lowest BCUT2D eigenvalue weighted by molar-refractivity contribution is -0.121. The Morgan fingerprint density at radius 3 is 2.83 bits per heavy atom. The maximum absolute atomic E-state index is 11.2. The predicted molar refractivity (Wildman–Crippen MR) is 63.1 cm³/mol. The Labute approximate surface area is 103 Å². The number of amides is 1. The quantitative estimate of drug-likeness (QED) is 0.793. The van der Waals surface area contributed by atoms with Crippen LogP contribution in [-0.2, 0) is 9.53 Å². The van der Waals surface area contributed by atoms with Crippen molar-refractivity contribution in [2.75, 3.05) is 0 Å². The van der Waals surface area contributed by atoms with Crippen LogP contribution >= 0.6 is 0 Å². The van der Waals surface area contributed by atoms with E-state index in [0.717, 1.165) is 10.9 Å². The van der Waals surface area contributed by atoms with Crippen LogP contribution in [0.2, 0.25) is 0 Å². The number of fused-ring (bicyclic) bond motifs is 1. The molecule has 1 aromatic carbocycles. The molecule has 5 heteroatoms. The molecule has 0 radical (unpaired) electrons. The Balaban J connectivity index is 2.03. The van der Waals surface area contributed by atoms with Crippen molar-refractivity contribution in [3.63, 3.8) is 0 Å². The van der Waals surface area contributed by atoms with Crippen LogP contribution in [0.25, 0.3) is 10.9 Å². The third-order valence-electron chi connectivity index (χ3n) is 3.04. The first-order valence-corrected chi connectivity index (χ1v) is 5.42. The number of nitrogens with two attached hydrogens (primary N) is 1. The van der Waals surface area contributed by atoms with Crippen LogP contribution in [0.1, 0.15) is 11.8 Å². The maximum atomic E-state index is 11.2. The third kappa shape index (κ3) is 1.36. The van der Waals surface area contributed by atoms with Gasteiger partial charge in [-0.15, -0.1) is 0 Å². The fourth-order valence-corrected chi connectivity index (χ4v) is 1.98. The zero-order chi connectivity index (χ0) is 12.8. The van der Waals surface area contributed by atoms with Crippen molar-refractivity contribution in [3.05, 3.63) is 42.1 Å². The van der Waals surface area contributed by atoms with Crippen molar-refractivity contribution in [2.45, 2.75) is 11.7 Å². The fourth-order valence-electron chi connectivity index (χ4n) is 1.98. The Kier molecular flexibility index (Phi) is 2.09. The average molecular weight is 239 g/mol. The largest absolute Gasteiger partial charge is 0.366 e. The van der Waals surface area contributed by atoms with E-state index in [4.69, 9.17) is 15.7 Å². The molecule has 2 atom stereocenters. The lowest BCUT2D eigenvalue weighted by atomic mass is 10.0. The minimum absolute atomic E-state index is 0.550. The van der Waals surface area contributed by atoms with E-state index >= 15 is 0 Å². The van der Waals surface area contributed by atoms with Gasteiger partial charge in [0.25, 0.3) is 11.5 Å². The molecule has 1 aliphatic heterocycles. The number of para-hydroxylation sites is 1. The molecule has 88 valence electrons. The second kappa shape index (κ2) is 3.52. The summed E-state index contributed by atoms with van der Waals surface area (Å²) in [6.45, 7) is 0. The highest BCUT2D eigenvalue weighted by atomic mass is 16.6. The number of benzene rings is 1. The number of carbonyl (C=O) groups excluding carboxylic acids is 1. The van der Waals surface area contributed by atoms with Crippen molar-refractivity contribution in [2.24, 2.45) is 5.73 Å². The molecule has 0 bridgehead atoms. The molecular weight excluding hydrogens is 230 g/mol. The van der Waals surface area contributed by atoms with Gasteiger partial charge in [0.1, 0.15) is 6.07 Å². The van der Waals surface area contributed by atoms with E-state index in [9.17, 15) is 4.79 Å². The molecule has 2 unspecified atom stereocenters. The van der Waals surface area contributed by atoms with E-state index in [1.807, 2.05) is 36.4 Å². The summed E-state index contributed by atoms with van der Waals surface area (Å²) in [6, 6.07) is 13.0. The normalized spacial score (nSPS) is 25.6. The van der Waals surface area contributed by atoms with Gasteiger partial charge in [0.15, 0.2) is 6.10 Å². The Morgan fingerprint density at radius 2 is 2.17 bits per heavy atom. The summed E-state index contributed by atoms with van der Waals surface area (Å²) >= 11 is 0. The first-order valence-electron chi connectivity index (χ1n) is 5.42. The standard InChI is InChI=1S/C13H9N3O2/c14-7-13(12(15)17)11(18-13)10-6-5-8-3-1-2-4-9(8)16-10/h1-6,11H,(H2,15,17).